The van der Waals surface area contributed by atoms with Crippen molar-refractivity contribution in [2.75, 3.05) is 27.4 Å². The first-order valence-electron chi connectivity index (χ1n) is 5.41. The van der Waals surface area contributed by atoms with Crippen LogP contribution >= 0.6 is 0 Å². The smallest absolute Gasteiger partial charge is 0.126 e. The highest BCUT2D eigenvalue weighted by Gasteiger charge is 2.39. The van der Waals surface area contributed by atoms with Gasteiger partial charge in [0.1, 0.15) is 11.5 Å². The molecule has 16 heavy (non-hydrogen) atoms. The molecule has 0 atom stereocenters. The van der Waals surface area contributed by atoms with Gasteiger partial charge in [0, 0.05) is 17.0 Å². The van der Waals surface area contributed by atoms with E-state index in [2.05, 4.69) is 13.8 Å². The van der Waals surface area contributed by atoms with Gasteiger partial charge >= 0.3 is 0 Å². The van der Waals surface area contributed by atoms with Crippen LogP contribution in [0.25, 0.3) is 0 Å². The Morgan fingerprint density at radius 2 is 1.88 bits per heavy atom. The first-order valence-corrected chi connectivity index (χ1v) is 5.41. The highest BCUT2D eigenvalue weighted by molar-refractivity contribution is 5.50. The summed E-state index contributed by atoms with van der Waals surface area (Å²) in [4.78, 5) is 0. The van der Waals surface area contributed by atoms with Crippen molar-refractivity contribution in [3.05, 3.63) is 23.3 Å². The third kappa shape index (κ3) is 1.65. The number of hydrogen-bond acceptors (Lipinski definition) is 3. The number of benzene rings is 1. The molecule has 0 spiro atoms. The van der Waals surface area contributed by atoms with E-state index in [1.54, 1.807) is 14.2 Å². The minimum absolute atomic E-state index is 0.0850. The minimum Gasteiger partial charge on any atom is -0.497 e. The van der Waals surface area contributed by atoms with Gasteiger partial charge in [-0.25, -0.2) is 0 Å². The van der Waals surface area contributed by atoms with Gasteiger partial charge in [0.05, 0.1) is 27.4 Å². The van der Waals surface area contributed by atoms with Crippen LogP contribution in [0.4, 0.5) is 0 Å². The summed E-state index contributed by atoms with van der Waals surface area (Å²) in [5, 5.41) is 0. The molecule has 0 bridgehead atoms. The van der Waals surface area contributed by atoms with Crippen LogP contribution in [-0.2, 0) is 10.2 Å². The van der Waals surface area contributed by atoms with Gasteiger partial charge in [-0.05, 0) is 18.6 Å². The fourth-order valence-corrected chi connectivity index (χ4v) is 2.33. The van der Waals surface area contributed by atoms with Gasteiger partial charge < -0.3 is 14.2 Å². The van der Waals surface area contributed by atoms with Gasteiger partial charge in [0.15, 0.2) is 0 Å². The predicted molar refractivity (Wildman–Crippen MR) is 62.5 cm³/mol. The van der Waals surface area contributed by atoms with Crippen molar-refractivity contribution in [2.45, 2.75) is 19.3 Å². The van der Waals surface area contributed by atoms with Crippen molar-refractivity contribution < 1.29 is 14.2 Å². The first kappa shape index (κ1) is 11.3. The predicted octanol–water partition coefficient (Wildman–Crippen LogP) is 2.30. The summed E-state index contributed by atoms with van der Waals surface area (Å²) in [6.07, 6.45) is 0. The third-order valence-electron chi connectivity index (χ3n) is 3.17. The van der Waals surface area contributed by atoms with E-state index >= 15 is 0 Å². The average molecular weight is 222 g/mol. The molecule has 1 saturated heterocycles. The Hall–Kier alpha value is -1.22. The number of aryl methyl sites for hydroxylation is 1. The second kappa shape index (κ2) is 3.98. The number of methoxy groups -OCH3 is 2. The fraction of sp³-hybridized carbons (Fsp3) is 0.538. The molecule has 0 unspecified atom stereocenters. The quantitative estimate of drug-likeness (QED) is 0.785. The second-order valence-electron chi connectivity index (χ2n) is 4.58. The Bertz CT molecular complexity index is 394. The van der Waals surface area contributed by atoms with Gasteiger partial charge in [0.25, 0.3) is 0 Å². The van der Waals surface area contributed by atoms with Gasteiger partial charge in [0.2, 0.25) is 0 Å². The van der Waals surface area contributed by atoms with Crippen molar-refractivity contribution in [3.63, 3.8) is 0 Å². The van der Waals surface area contributed by atoms with Gasteiger partial charge in [-0.2, -0.15) is 0 Å². The van der Waals surface area contributed by atoms with E-state index in [1.807, 2.05) is 12.1 Å². The van der Waals surface area contributed by atoms with Crippen molar-refractivity contribution in [3.8, 4) is 11.5 Å². The maximum Gasteiger partial charge on any atom is 0.126 e. The van der Waals surface area contributed by atoms with Crippen LogP contribution in [0, 0.1) is 6.92 Å². The van der Waals surface area contributed by atoms with Crippen LogP contribution in [0.1, 0.15) is 18.1 Å². The lowest BCUT2D eigenvalue weighted by Gasteiger charge is -2.40. The Morgan fingerprint density at radius 3 is 2.31 bits per heavy atom. The van der Waals surface area contributed by atoms with E-state index in [9.17, 15) is 0 Å². The molecule has 1 fully saturated rings. The number of rotatable bonds is 3. The zero-order valence-electron chi connectivity index (χ0n) is 10.3. The summed E-state index contributed by atoms with van der Waals surface area (Å²) in [5.74, 6) is 1.73. The molecule has 3 heteroatoms. The molecule has 3 nitrogen and oxygen atoms in total. The van der Waals surface area contributed by atoms with Crippen LogP contribution in [0.3, 0.4) is 0 Å². The van der Waals surface area contributed by atoms with E-state index in [4.69, 9.17) is 14.2 Å². The Kier molecular flexibility index (Phi) is 2.80. The molecule has 1 heterocycles. The van der Waals surface area contributed by atoms with Crippen LogP contribution in [0.15, 0.2) is 12.1 Å². The summed E-state index contributed by atoms with van der Waals surface area (Å²) < 4.78 is 16.0. The number of hydrogen-bond donors (Lipinski definition) is 0. The molecule has 2 rings (SSSR count). The van der Waals surface area contributed by atoms with E-state index in [-0.39, 0.29) is 5.41 Å². The topological polar surface area (TPSA) is 27.7 Å². The number of ether oxygens (including phenoxy) is 3. The lowest BCUT2D eigenvalue weighted by Crippen LogP contribution is -2.44. The zero-order chi connectivity index (χ0) is 11.8. The molecular weight excluding hydrogens is 204 g/mol. The Balaban J connectivity index is 2.50. The standard InChI is InChI=1S/C13H18O3/c1-9-5-10(14-3)6-11(15-4)12(9)13(2)7-16-8-13/h5-6H,7-8H2,1-4H3. The molecule has 1 aromatic rings. The van der Waals surface area contributed by atoms with Crippen LogP contribution in [0.5, 0.6) is 11.5 Å². The fourth-order valence-electron chi connectivity index (χ4n) is 2.33. The van der Waals surface area contributed by atoms with E-state index in [0.29, 0.717) is 0 Å². The van der Waals surface area contributed by atoms with E-state index in [0.717, 1.165) is 24.7 Å². The molecule has 0 aromatic heterocycles. The van der Waals surface area contributed by atoms with Crippen molar-refractivity contribution in [2.24, 2.45) is 0 Å². The van der Waals surface area contributed by atoms with E-state index in [1.165, 1.54) is 11.1 Å². The molecule has 0 N–H and O–H groups in total. The highest BCUT2D eigenvalue weighted by atomic mass is 16.5. The monoisotopic (exact) mass is 222 g/mol. The molecule has 1 aliphatic rings. The van der Waals surface area contributed by atoms with Crippen molar-refractivity contribution >= 4 is 0 Å². The van der Waals surface area contributed by atoms with Crippen LogP contribution < -0.4 is 9.47 Å². The summed E-state index contributed by atoms with van der Waals surface area (Å²) >= 11 is 0. The molecule has 1 aliphatic heterocycles. The lowest BCUT2D eigenvalue weighted by molar-refractivity contribution is -0.0512. The van der Waals surface area contributed by atoms with Gasteiger partial charge in [-0.15, -0.1) is 0 Å². The lowest BCUT2D eigenvalue weighted by atomic mass is 9.78. The Morgan fingerprint density at radius 1 is 1.19 bits per heavy atom. The Labute approximate surface area is 96.3 Å². The summed E-state index contributed by atoms with van der Waals surface area (Å²) in [6, 6.07) is 3.98. The van der Waals surface area contributed by atoms with Crippen LogP contribution in [0.2, 0.25) is 0 Å². The SMILES string of the molecule is COc1cc(C)c(C2(C)COC2)c(OC)c1. The molecule has 0 saturated carbocycles. The molecular formula is C13H18O3. The molecule has 0 aliphatic carbocycles. The maximum absolute atomic E-state index is 5.46. The zero-order valence-corrected chi connectivity index (χ0v) is 10.3. The first-order chi connectivity index (χ1) is 7.60. The molecule has 0 radical (unpaired) electrons. The minimum atomic E-state index is 0.0850. The summed E-state index contributed by atoms with van der Waals surface area (Å²) in [7, 11) is 3.36. The third-order valence-corrected chi connectivity index (χ3v) is 3.17. The normalized spacial score (nSPS) is 17.8. The molecule has 88 valence electrons. The largest absolute Gasteiger partial charge is 0.497 e. The van der Waals surface area contributed by atoms with Gasteiger partial charge in [-0.3, -0.25) is 0 Å². The summed E-state index contributed by atoms with van der Waals surface area (Å²) in [5.41, 5.74) is 2.52. The van der Waals surface area contributed by atoms with Crippen molar-refractivity contribution in [1.29, 1.82) is 0 Å². The summed E-state index contributed by atoms with van der Waals surface area (Å²) in [6.45, 7) is 5.81. The van der Waals surface area contributed by atoms with Crippen LogP contribution in [-0.4, -0.2) is 27.4 Å². The average Bonchev–Trinajstić information content (AvgIpc) is 2.24. The molecule has 0 amide bonds. The van der Waals surface area contributed by atoms with Crippen molar-refractivity contribution in [1.82, 2.24) is 0 Å². The molecule has 1 aromatic carbocycles. The highest BCUT2D eigenvalue weighted by Crippen LogP contribution is 2.41. The van der Waals surface area contributed by atoms with E-state index < -0.39 is 0 Å². The maximum atomic E-state index is 5.46. The second-order valence-corrected chi connectivity index (χ2v) is 4.58. The van der Waals surface area contributed by atoms with Gasteiger partial charge in [-0.1, -0.05) is 6.92 Å².